The van der Waals surface area contributed by atoms with E-state index in [4.69, 9.17) is 4.74 Å². The Hall–Kier alpha value is -3.85. The Balaban J connectivity index is 1.63. The van der Waals surface area contributed by atoms with E-state index >= 15 is 0 Å². The second-order valence-electron chi connectivity index (χ2n) is 8.37. The zero-order valence-corrected chi connectivity index (χ0v) is 20.6. The van der Waals surface area contributed by atoms with Crippen molar-refractivity contribution in [3.63, 3.8) is 0 Å². The minimum absolute atomic E-state index is 0.0404. The molecule has 2 N–H and O–H groups in total. The van der Waals surface area contributed by atoms with E-state index in [1.807, 2.05) is 0 Å². The summed E-state index contributed by atoms with van der Waals surface area (Å²) in [7, 11) is -1.09. The number of nitrogens with zero attached hydrogens (tertiary/aromatic N) is 1. The Morgan fingerprint density at radius 1 is 0.943 bits per heavy atom. The van der Waals surface area contributed by atoms with Crippen LogP contribution in [0.2, 0.25) is 0 Å². The van der Waals surface area contributed by atoms with Gasteiger partial charge in [-0.15, -0.1) is 0 Å². The Morgan fingerprint density at radius 3 is 2.34 bits per heavy atom. The van der Waals surface area contributed by atoms with E-state index in [-0.39, 0.29) is 22.4 Å². The number of carbonyl (C=O) groups excluding carboxylic acids is 2. The number of rotatable bonds is 8. The lowest BCUT2D eigenvalue weighted by Crippen LogP contribution is -2.28. The van der Waals surface area contributed by atoms with E-state index in [1.54, 1.807) is 61.5 Å². The first-order valence-corrected chi connectivity index (χ1v) is 12.6. The predicted molar refractivity (Wildman–Crippen MR) is 135 cm³/mol. The molecule has 3 aromatic carbocycles. The number of ether oxygens (including phenoxy) is 1. The zero-order valence-electron chi connectivity index (χ0n) is 19.7. The molecule has 0 radical (unpaired) electrons. The number of carbonyl (C=O) groups is 2. The van der Waals surface area contributed by atoms with Crippen molar-refractivity contribution in [1.29, 1.82) is 0 Å². The van der Waals surface area contributed by atoms with Gasteiger partial charge in [0.05, 0.1) is 28.9 Å². The van der Waals surface area contributed by atoms with Crippen LogP contribution in [-0.2, 0) is 10.0 Å². The summed E-state index contributed by atoms with van der Waals surface area (Å²) in [5, 5.41) is 5.69. The van der Waals surface area contributed by atoms with Gasteiger partial charge in [-0.2, -0.15) is 0 Å². The second-order valence-corrected chi connectivity index (χ2v) is 10.3. The van der Waals surface area contributed by atoms with E-state index in [0.717, 1.165) is 17.1 Å². The lowest BCUT2D eigenvalue weighted by atomic mass is 10.1. The Kier molecular flexibility index (Phi) is 6.79. The molecular formula is C26H27N3O5S. The highest BCUT2D eigenvalue weighted by Crippen LogP contribution is 2.31. The van der Waals surface area contributed by atoms with E-state index in [9.17, 15) is 18.0 Å². The quantitative estimate of drug-likeness (QED) is 0.494. The minimum atomic E-state index is -3.99. The fraction of sp³-hybridized carbons (Fsp3) is 0.231. The number of methoxy groups -OCH3 is 1. The highest BCUT2D eigenvalue weighted by atomic mass is 32.2. The number of para-hydroxylation sites is 3. The summed E-state index contributed by atoms with van der Waals surface area (Å²) < 4.78 is 33.2. The molecule has 3 aromatic rings. The van der Waals surface area contributed by atoms with E-state index in [0.29, 0.717) is 28.3 Å². The van der Waals surface area contributed by atoms with Crippen LogP contribution in [0.25, 0.3) is 0 Å². The lowest BCUT2D eigenvalue weighted by molar-refractivity contribution is 0.0952. The molecule has 0 bridgehead atoms. The van der Waals surface area contributed by atoms with Gasteiger partial charge in [0, 0.05) is 18.7 Å². The smallest absolute Gasteiger partial charge is 0.264 e. The van der Waals surface area contributed by atoms with Gasteiger partial charge < -0.3 is 15.4 Å². The first-order chi connectivity index (χ1) is 16.7. The molecule has 0 saturated heterocycles. The minimum Gasteiger partial charge on any atom is -0.495 e. The van der Waals surface area contributed by atoms with Gasteiger partial charge >= 0.3 is 0 Å². The van der Waals surface area contributed by atoms with Crippen molar-refractivity contribution in [2.24, 2.45) is 0 Å². The van der Waals surface area contributed by atoms with Crippen molar-refractivity contribution in [2.45, 2.75) is 30.7 Å². The molecule has 9 heteroatoms. The van der Waals surface area contributed by atoms with Crippen LogP contribution in [0.4, 0.5) is 11.4 Å². The third-order valence-corrected chi connectivity index (χ3v) is 7.64. The fourth-order valence-corrected chi connectivity index (χ4v) is 4.89. The molecule has 0 spiro atoms. The van der Waals surface area contributed by atoms with Crippen molar-refractivity contribution < 1.29 is 22.7 Å². The first kappa shape index (κ1) is 24.3. The maximum Gasteiger partial charge on any atom is 0.264 e. The second kappa shape index (κ2) is 9.79. The molecule has 0 unspecified atom stereocenters. The average Bonchev–Trinajstić information content (AvgIpc) is 3.67. The summed E-state index contributed by atoms with van der Waals surface area (Å²) in [4.78, 5) is 25.7. The molecule has 1 fully saturated rings. The molecule has 1 aliphatic carbocycles. The molecule has 35 heavy (non-hydrogen) atoms. The molecule has 8 nitrogen and oxygen atoms in total. The van der Waals surface area contributed by atoms with Crippen LogP contribution in [0.3, 0.4) is 0 Å². The Morgan fingerprint density at radius 2 is 1.63 bits per heavy atom. The van der Waals surface area contributed by atoms with Crippen molar-refractivity contribution in [1.82, 2.24) is 5.32 Å². The highest BCUT2D eigenvalue weighted by molar-refractivity contribution is 7.92. The fourth-order valence-electron chi connectivity index (χ4n) is 3.65. The molecular weight excluding hydrogens is 466 g/mol. The van der Waals surface area contributed by atoms with Crippen LogP contribution >= 0.6 is 0 Å². The Bertz CT molecular complexity index is 1380. The summed E-state index contributed by atoms with van der Waals surface area (Å²) in [6.45, 7) is 1.72. The highest BCUT2D eigenvalue weighted by Gasteiger charge is 2.27. The number of hydrogen-bond donors (Lipinski definition) is 2. The standard InChI is InChI=1S/C26H27N3O5S/c1-17-12-15-19(35(32,33)29(2)23-10-6-7-11-24(23)34-3)16-21(17)26(31)28-22-9-5-4-8-20(22)25(30)27-18-13-14-18/h4-12,15-16,18H,13-14H2,1-3H3,(H,27,30)(H,28,31). The first-order valence-electron chi connectivity index (χ1n) is 11.2. The topological polar surface area (TPSA) is 105 Å². The third-order valence-electron chi connectivity index (χ3n) is 5.87. The van der Waals surface area contributed by atoms with Crippen LogP contribution in [0.15, 0.2) is 71.6 Å². The molecule has 1 saturated carbocycles. The summed E-state index contributed by atoms with van der Waals surface area (Å²) in [5.41, 5.74) is 1.87. The summed E-state index contributed by atoms with van der Waals surface area (Å²) >= 11 is 0. The van der Waals surface area contributed by atoms with Crippen molar-refractivity contribution in [2.75, 3.05) is 23.8 Å². The summed E-state index contributed by atoms with van der Waals surface area (Å²) in [6.07, 6.45) is 1.90. The number of benzene rings is 3. The van der Waals surface area contributed by atoms with Gasteiger partial charge in [-0.25, -0.2) is 8.42 Å². The number of aryl methyl sites for hydroxylation is 1. The van der Waals surface area contributed by atoms with Crippen molar-refractivity contribution >= 4 is 33.2 Å². The number of sulfonamides is 1. The molecule has 0 atom stereocenters. The van der Waals surface area contributed by atoms with Gasteiger partial charge in [0.2, 0.25) is 0 Å². The van der Waals surface area contributed by atoms with Crippen LogP contribution in [0.1, 0.15) is 39.1 Å². The van der Waals surface area contributed by atoms with Crippen LogP contribution in [0, 0.1) is 6.92 Å². The number of hydrogen-bond acceptors (Lipinski definition) is 5. The van der Waals surface area contributed by atoms with Gasteiger partial charge in [-0.05, 0) is 61.7 Å². The van der Waals surface area contributed by atoms with Crippen molar-refractivity contribution in [3.05, 3.63) is 83.4 Å². The van der Waals surface area contributed by atoms with E-state index in [2.05, 4.69) is 10.6 Å². The number of nitrogens with one attached hydrogen (secondary N) is 2. The van der Waals surface area contributed by atoms with Crippen LogP contribution < -0.4 is 19.7 Å². The molecule has 0 aromatic heterocycles. The predicted octanol–water partition coefficient (Wildman–Crippen LogP) is 3.97. The molecule has 1 aliphatic rings. The molecule has 0 aliphatic heterocycles. The largest absolute Gasteiger partial charge is 0.495 e. The zero-order chi connectivity index (χ0) is 25.2. The van der Waals surface area contributed by atoms with Gasteiger partial charge in [-0.1, -0.05) is 30.3 Å². The molecule has 0 heterocycles. The van der Waals surface area contributed by atoms with E-state index in [1.165, 1.54) is 26.3 Å². The SMILES string of the molecule is COc1ccccc1N(C)S(=O)(=O)c1ccc(C)c(C(=O)Nc2ccccc2C(=O)NC2CC2)c1. The van der Waals surface area contributed by atoms with Gasteiger partial charge in [0.25, 0.3) is 21.8 Å². The van der Waals surface area contributed by atoms with Gasteiger partial charge in [0.1, 0.15) is 5.75 Å². The van der Waals surface area contributed by atoms with Crippen LogP contribution in [-0.4, -0.2) is 40.4 Å². The van der Waals surface area contributed by atoms with Gasteiger partial charge in [0.15, 0.2) is 0 Å². The van der Waals surface area contributed by atoms with Crippen molar-refractivity contribution in [3.8, 4) is 5.75 Å². The van der Waals surface area contributed by atoms with E-state index < -0.39 is 15.9 Å². The Labute approximate surface area is 205 Å². The third kappa shape index (κ3) is 5.14. The monoisotopic (exact) mass is 493 g/mol. The molecule has 182 valence electrons. The number of anilines is 2. The number of amides is 2. The average molecular weight is 494 g/mol. The molecule has 2 amide bonds. The summed E-state index contributed by atoms with van der Waals surface area (Å²) in [5.74, 6) is -0.356. The lowest BCUT2D eigenvalue weighted by Gasteiger charge is -2.22. The van der Waals surface area contributed by atoms with Gasteiger partial charge in [-0.3, -0.25) is 13.9 Å². The maximum atomic E-state index is 13.4. The molecule has 4 rings (SSSR count). The normalized spacial score (nSPS) is 13.1. The maximum absolute atomic E-state index is 13.4. The summed E-state index contributed by atoms with van der Waals surface area (Å²) in [6, 6.07) is 18.1. The van der Waals surface area contributed by atoms with Crippen LogP contribution in [0.5, 0.6) is 5.75 Å².